The molecule has 2 N–H and O–H groups in total. The fourth-order valence-electron chi connectivity index (χ4n) is 2.36. The van der Waals surface area contributed by atoms with Crippen LogP contribution in [0.25, 0.3) is 0 Å². The first-order valence-electron chi connectivity index (χ1n) is 7.17. The van der Waals surface area contributed by atoms with Gasteiger partial charge in [-0.25, -0.2) is 0 Å². The lowest BCUT2D eigenvalue weighted by molar-refractivity contribution is -0.143. The number of hydrogen-bond donors (Lipinski definition) is 2. The average Bonchev–Trinajstić information content (AvgIpc) is 2.83. The van der Waals surface area contributed by atoms with Crippen LogP contribution in [0.2, 0.25) is 0 Å². The summed E-state index contributed by atoms with van der Waals surface area (Å²) in [7, 11) is 3.33. The monoisotopic (exact) mass is 438 g/mol. The lowest BCUT2D eigenvalue weighted by Crippen LogP contribution is -2.41. The van der Waals surface area contributed by atoms with Gasteiger partial charge in [-0.3, -0.25) is 9.89 Å². The summed E-state index contributed by atoms with van der Waals surface area (Å²) in [6, 6.07) is 0. The molecule has 1 rings (SSSR count). The van der Waals surface area contributed by atoms with E-state index >= 15 is 0 Å². The maximum Gasteiger partial charge on any atom is 0.401 e. The second kappa shape index (κ2) is 11.3. The van der Waals surface area contributed by atoms with Crippen molar-refractivity contribution >= 4 is 29.9 Å². The molecule has 0 amide bonds. The third kappa shape index (κ3) is 9.67. The molecule has 0 aromatic carbocycles. The largest absolute Gasteiger partial charge is 0.401 e. The van der Waals surface area contributed by atoms with Crippen molar-refractivity contribution in [1.29, 1.82) is 0 Å². The Hall–Kier alpha value is -0.290. The van der Waals surface area contributed by atoms with Gasteiger partial charge in [-0.1, -0.05) is 0 Å². The van der Waals surface area contributed by atoms with Gasteiger partial charge in [0.1, 0.15) is 0 Å². The Balaban J connectivity index is 0.00000441. The number of methoxy groups -OCH3 is 1. The van der Waals surface area contributed by atoms with Gasteiger partial charge in [0.15, 0.2) is 5.96 Å². The quantitative estimate of drug-likeness (QED) is 0.275. The van der Waals surface area contributed by atoms with Crippen LogP contribution >= 0.6 is 24.0 Å². The summed E-state index contributed by atoms with van der Waals surface area (Å²) in [6.45, 7) is 2.24. The number of alkyl halides is 3. The molecule has 0 aromatic rings. The Morgan fingerprint density at radius 1 is 1.36 bits per heavy atom. The summed E-state index contributed by atoms with van der Waals surface area (Å²) >= 11 is 0. The lowest BCUT2D eigenvalue weighted by Gasteiger charge is -2.18. The first-order valence-corrected chi connectivity index (χ1v) is 7.17. The standard InChI is InChI=1S/C13H25F3N4O.HI/c1-17-12(18-5-3-7-21-2)19-8-11-4-6-20(9-11)10-13(14,15)16;/h11H,3-10H2,1-2H3,(H2,17,18,19);1H. The van der Waals surface area contributed by atoms with Crippen LogP contribution in [0.4, 0.5) is 13.2 Å². The van der Waals surface area contributed by atoms with Crippen molar-refractivity contribution in [2.45, 2.75) is 19.0 Å². The van der Waals surface area contributed by atoms with Gasteiger partial charge in [0.2, 0.25) is 0 Å². The van der Waals surface area contributed by atoms with E-state index < -0.39 is 12.7 Å². The Morgan fingerprint density at radius 2 is 2.09 bits per heavy atom. The van der Waals surface area contributed by atoms with Crippen molar-refractivity contribution in [3.8, 4) is 0 Å². The molecule has 1 unspecified atom stereocenters. The van der Waals surface area contributed by atoms with Crippen LogP contribution in [0.1, 0.15) is 12.8 Å². The molecule has 22 heavy (non-hydrogen) atoms. The molecule has 5 nitrogen and oxygen atoms in total. The van der Waals surface area contributed by atoms with Crippen LogP contribution in [0.15, 0.2) is 4.99 Å². The predicted octanol–water partition coefficient (Wildman–Crippen LogP) is 1.69. The second-order valence-corrected chi connectivity index (χ2v) is 5.23. The molecule has 0 aromatic heterocycles. The Labute approximate surface area is 147 Å². The first kappa shape index (κ1) is 21.7. The van der Waals surface area contributed by atoms with E-state index in [4.69, 9.17) is 4.74 Å². The van der Waals surface area contributed by atoms with E-state index in [1.54, 1.807) is 14.2 Å². The lowest BCUT2D eigenvalue weighted by atomic mass is 10.1. The van der Waals surface area contributed by atoms with Gasteiger partial charge < -0.3 is 15.4 Å². The van der Waals surface area contributed by atoms with Crippen molar-refractivity contribution < 1.29 is 17.9 Å². The fraction of sp³-hybridized carbons (Fsp3) is 0.923. The van der Waals surface area contributed by atoms with Gasteiger partial charge in [0.05, 0.1) is 6.54 Å². The minimum Gasteiger partial charge on any atom is -0.385 e. The number of aliphatic imine (C=N–C) groups is 1. The van der Waals surface area contributed by atoms with Gasteiger partial charge in [-0.15, -0.1) is 24.0 Å². The summed E-state index contributed by atoms with van der Waals surface area (Å²) in [6.07, 6.45) is -2.45. The maximum absolute atomic E-state index is 12.3. The van der Waals surface area contributed by atoms with Gasteiger partial charge in [-0.05, 0) is 25.3 Å². The first-order chi connectivity index (χ1) is 9.94. The highest BCUT2D eigenvalue weighted by molar-refractivity contribution is 14.0. The van der Waals surface area contributed by atoms with Gasteiger partial charge >= 0.3 is 6.18 Å². The average molecular weight is 438 g/mol. The molecule has 0 saturated carbocycles. The molecule has 0 bridgehead atoms. The molecular formula is C13H26F3IN4O. The summed E-state index contributed by atoms with van der Waals surface area (Å²) in [5, 5.41) is 6.30. The van der Waals surface area contributed by atoms with Crippen molar-refractivity contribution in [3.63, 3.8) is 0 Å². The van der Waals surface area contributed by atoms with E-state index in [0.717, 1.165) is 19.4 Å². The van der Waals surface area contributed by atoms with E-state index in [0.29, 0.717) is 32.2 Å². The minimum absolute atomic E-state index is 0. The van der Waals surface area contributed by atoms with Gasteiger partial charge in [0, 0.05) is 40.4 Å². The molecule has 0 radical (unpaired) electrons. The topological polar surface area (TPSA) is 48.9 Å². The number of nitrogens with one attached hydrogen (secondary N) is 2. The highest BCUT2D eigenvalue weighted by Gasteiger charge is 2.34. The summed E-state index contributed by atoms with van der Waals surface area (Å²) < 4.78 is 41.9. The smallest absolute Gasteiger partial charge is 0.385 e. The summed E-state index contributed by atoms with van der Waals surface area (Å²) in [5.74, 6) is 0.908. The van der Waals surface area contributed by atoms with Crippen LogP contribution in [-0.4, -0.2) is 70.5 Å². The van der Waals surface area contributed by atoms with Crippen LogP contribution in [-0.2, 0) is 4.74 Å². The predicted molar refractivity (Wildman–Crippen MR) is 91.9 cm³/mol. The molecule has 9 heteroatoms. The van der Waals surface area contributed by atoms with Crippen molar-refractivity contribution in [1.82, 2.24) is 15.5 Å². The Bertz CT molecular complexity index is 329. The number of guanidine groups is 1. The second-order valence-electron chi connectivity index (χ2n) is 5.23. The minimum atomic E-state index is -4.11. The number of likely N-dealkylation sites (tertiary alicyclic amines) is 1. The zero-order valence-electron chi connectivity index (χ0n) is 13.1. The zero-order valence-corrected chi connectivity index (χ0v) is 15.4. The van der Waals surface area contributed by atoms with Crippen molar-refractivity contribution in [3.05, 3.63) is 0 Å². The molecule has 1 aliphatic heterocycles. The number of ether oxygens (including phenoxy) is 1. The highest BCUT2D eigenvalue weighted by Crippen LogP contribution is 2.22. The number of nitrogens with zero attached hydrogens (tertiary/aromatic N) is 2. The highest BCUT2D eigenvalue weighted by atomic mass is 127. The van der Waals surface area contributed by atoms with Crippen molar-refractivity contribution in [2.24, 2.45) is 10.9 Å². The van der Waals surface area contributed by atoms with Gasteiger partial charge in [-0.2, -0.15) is 13.2 Å². The van der Waals surface area contributed by atoms with Crippen molar-refractivity contribution in [2.75, 3.05) is 53.5 Å². The van der Waals surface area contributed by atoms with Crippen LogP contribution < -0.4 is 10.6 Å². The molecule has 0 aliphatic carbocycles. The number of hydrogen-bond acceptors (Lipinski definition) is 3. The van der Waals surface area contributed by atoms with E-state index in [1.165, 1.54) is 4.90 Å². The third-order valence-corrected chi connectivity index (χ3v) is 3.37. The molecule has 1 fully saturated rings. The Morgan fingerprint density at radius 3 is 2.68 bits per heavy atom. The van der Waals surface area contributed by atoms with Crippen LogP contribution in [0.3, 0.4) is 0 Å². The van der Waals surface area contributed by atoms with E-state index in [2.05, 4.69) is 15.6 Å². The van der Waals surface area contributed by atoms with Gasteiger partial charge in [0.25, 0.3) is 0 Å². The SMILES string of the molecule is CN=C(NCCCOC)NCC1CCN(CC(F)(F)F)C1.I. The molecule has 1 saturated heterocycles. The van der Waals surface area contributed by atoms with E-state index in [-0.39, 0.29) is 29.9 Å². The summed E-state index contributed by atoms with van der Waals surface area (Å²) in [4.78, 5) is 5.54. The summed E-state index contributed by atoms with van der Waals surface area (Å²) in [5.41, 5.74) is 0. The Kier molecular flexibility index (Phi) is 11.1. The number of halogens is 4. The molecule has 132 valence electrons. The number of rotatable bonds is 7. The normalized spacial score (nSPS) is 19.9. The maximum atomic E-state index is 12.3. The fourth-order valence-corrected chi connectivity index (χ4v) is 2.36. The van der Waals surface area contributed by atoms with Crippen LogP contribution in [0, 0.1) is 5.92 Å². The molecule has 1 heterocycles. The van der Waals surface area contributed by atoms with Crippen LogP contribution in [0.5, 0.6) is 0 Å². The zero-order chi connectivity index (χ0) is 15.7. The van der Waals surface area contributed by atoms with E-state index in [1.807, 2.05) is 0 Å². The molecule has 0 spiro atoms. The molecule has 1 atom stereocenters. The molecular weight excluding hydrogens is 412 g/mol. The van der Waals surface area contributed by atoms with E-state index in [9.17, 15) is 13.2 Å². The third-order valence-electron chi connectivity index (χ3n) is 3.37. The molecule has 1 aliphatic rings.